The van der Waals surface area contributed by atoms with E-state index in [0.717, 1.165) is 0 Å². The predicted octanol–water partition coefficient (Wildman–Crippen LogP) is -0.584. The summed E-state index contributed by atoms with van der Waals surface area (Å²) in [6, 6.07) is 24.8. The van der Waals surface area contributed by atoms with Gasteiger partial charge in [-0.3, -0.25) is 4.55 Å². The Hall–Kier alpha value is -3.54. The summed E-state index contributed by atoms with van der Waals surface area (Å²) in [5.74, 6) is 0.428. The lowest BCUT2D eigenvalue weighted by atomic mass is 9.94. The van der Waals surface area contributed by atoms with Crippen LogP contribution in [0.5, 0.6) is 0 Å². The number of primary sulfonamides is 1. The molecular formula is C25H19ClN2O6S2. The zero-order valence-electron chi connectivity index (χ0n) is 18.4. The van der Waals surface area contributed by atoms with Crippen LogP contribution in [0.1, 0.15) is 0 Å². The van der Waals surface area contributed by atoms with E-state index in [4.69, 9.17) is 9.56 Å². The van der Waals surface area contributed by atoms with Crippen LogP contribution in [0.4, 0.5) is 5.69 Å². The van der Waals surface area contributed by atoms with Gasteiger partial charge in [-0.25, -0.2) is 18.5 Å². The Balaban J connectivity index is 0.00000304. The zero-order chi connectivity index (χ0) is 24.8. The molecule has 0 fully saturated rings. The number of fused-ring (bicyclic) bond motifs is 2. The SMILES string of the molecule is NS(=O)(=O)c1ccccc1-c1c2ccc(=[NH+]c3ccccc3S(=O)(=O)O)cc-2oc2ccccc12.[Cl-]. The largest absolute Gasteiger partial charge is 1.00 e. The summed E-state index contributed by atoms with van der Waals surface area (Å²) in [5.41, 5.74) is 2.42. The summed E-state index contributed by atoms with van der Waals surface area (Å²) in [4.78, 5) is 2.72. The number of hydrogen-bond acceptors (Lipinski definition) is 5. The predicted molar refractivity (Wildman–Crippen MR) is 130 cm³/mol. The van der Waals surface area contributed by atoms with E-state index in [1.54, 1.807) is 54.6 Å². The van der Waals surface area contributed by atoms with E-state index in [1.165, 1.54) is 24.3 Å². The highest BCUT2D eigenvalue weighted by Gasteiger charge is 2.23. The second-order valence-electron chi connectivity index (χ2n) is 7.82. The molecule has 11 heteroatoms. The first-order valence-corrected chi connectivity index (χ1v) is 13.4. The van der Waals surface area contributed by atoms with Crippen molar-refractivity contribution >= 4 is 36.8 Å². The molecule has 0 saturated heterocycles. The molecule has 4 N–H and O–H groups in total. The molecule has 1 aliphatic carbocycles. The maximum Gasteiger partial charge on any atom is 0.301 e. The van der Waals surface area contributed by atoms with E-state index in [0.29, 0.717) is 38.8 Å². The number of halogens is 1. The Kier molecular flexibility index (Phi) is 6.74. The lowest BCUT2D eigenvalue weighted by molar-refractivity contribution is -0.405. The maximum absolute atomic E-state index is 12.3. The monoisotopic (exact) mass is 542 g/mol. The van der Waals surface area contributed by atoms with Crippen molar-refractivity contribution in [3.05, 3.63) is 96.4 Å². The Morgan fingerprint density at radius 2 is 1.39 bits per heavy atom. The van der Waals surface area contributed by atoms with Crippen LogP contribution in [0.3, 0.4) is 0 Å². The quantitative estimate of drug-likeness (QED) is 0.205. The molecule has 0 unspecified atom stereocenters. The molecule has 3 aromatic rings. The maximum atomic E-state index is 12.3. The minimum absolute atomic E-state index is 0. The molecule has 0 amide bonds. The first-order valence-electron chi connectivity index (χ1n) is 10.4. The number of hydrogen-bond donors (Lipinski definition) is 3. The van der Waals surface area contributed by atoms with Gasteiger partial charge in [0.05, 0.1) is 11.0 Å². The van der Waals surface area contributed by atoms with Crippen LogP contribution >= 0.6 is 0 Å². The third kappa shape index (κ3) is 4.77. The van der Waals surface area contributed by atoms with E-state index in [9.17, 15) is 21.4 Å². The van der Waals surface area contributed by atoms with E-state index in [-0.39, 0.29) is 27.9 Å². The lowest BCUT2D eigenvalue weighted by Crippen LogP contribution is -3.00. The van der Waals surface area contributed by atoms with Gasteiger partial charge >= 0.3 is 10.1 Å². The van der Waals surface area contributed by atoms with E-state index in [1.807, 2.05) is 12.1 Å². The standard InChI is InChI=1S/C25H18N2O6S2.ClH/c26-34(28,29)23-11-5-2-8-19(23)25-17-7-1-4-10-21(17)33-22-15-16(13-14-18(22)25)27-20-9-3-6-12-24(20)35(30,31)32;/h1-15H,(H2,26,28,29)(H,30,31,32);1H. The summed E-state index contributed by atoms with van der Waals surface area (Å²) in [5, 5.41) is 6.71. The van der Waals surface area contributed by atoms with Crippen molar-refractivity contribution in [3.8, 4) is 22.5 Å². The van der Waals surface area contributed by atoms with Crippen LogP contribution in [0.15, 0.2) is 105 Å². The molecular weight excluding hydrogens is 524 g/mol. The summed E-state index contributed by atoms with van der Waals surface area (Å²) < 4.78 is 63.9. The highest BCUT2D eigenvalue weighted by molar-refractivity contribution is 7.89. The fourth-order valence-corrected chi connectivity index (χ4v) is 5.47. The molecule has 2 aliphatic rings. The van der Waals surface area contributed by atoms with E-state index in [2.05, 4.69) is 4.99 Å². The second-order valence-corrected chi connectivity index (χ2v) is 10.7. The number of sulfonamides is 1. The van der Waals surface area contributed by atoms with Crippen molar-refractivity contribution in [2.45, 2.75) is 9.79 Å². The van der Waals surface area contributed by atoms with Gasteiger partial charge in [0.2, 0.25) is 21.1 Å². The van der Waals surface area contributed by atoms with Crippen LogP contribution in [0.2, 0.25) is 0 Å². The van der Waals surface area contributed by atoms with E-state index < -0.39 is 20.1 Å². The van der Waals surface area contributed by atoms with Crippen LogP contribution in [-0.4, -0.2) is 21.4 Å². The van der Waals surface area contributed by atoms with Crippen molar-refractivity contribution in [2.24, 2.45) is 5.14 Å². The molecule has 0 saturated carbocycles. The van der Waals surface area contributed by atoms with Crippen LogP contribution in [-0.2, 0) is 20.1 Å². The molecule has 3 aromatic carbocycles. The Morgan fingerprint density at radius 1 is 0.750 bits per heavy atom. The van der Waals surface area contributed by atoms with Gasteiger partial charge in [0, 0.05) is 34.2 Å². The first-order chi connectivity index (χ1) is 16.6. The zero-order valence-corrected chi connectivity index (χ0v) is 20.8. The molecule has 36 heavy (non-hydrogen) atoms. The number of para-hydroxylation sites is 2. The highest BCUT2D eigenvalue weighted by Crippen LogP contribution is 2.41. The number of rotatable bonds is 4. The van der Waals surface area contributed by atoms with E-state index >= 15 is 0 Å². The molecule has 1 heterocycles. The van der Waals surface area contributed by atoms with Crippen molar-refractivity contribution in [3.63, 3.8) is 0 Å². The van der Waals surface area contributed by atoms with Gasteiger partial charge in [-0.2, -0.15) is 8.42 Å². The van der Waals surface area contributed by atoms with Gasteiger partial charge < -0.3 is 16.8 Å². The molecule has 8 nitrogen and oxygen atoms in total. The molecule has 5 rings (SSSR count). The van der Waals surface area contributed by atoms with Crippen LogP contribution in [0.25, 0.3) is 33.4 Å². The molecule has 1 aliphatic heterocycles. The summed E-state index contributed by atoms with van der Waals surface area (Å²) >= 11 is 0. The van der Waals surface area contributed by atoms with Gasteiger partial charge in [0.25, 0.3) is 0 Å². The lowest BCUT2D eigenvalue weighted by Gasteiger charge is -2.16. The Bertz CT molecular complexity index is 1870. The summed E-state index contributed by atoms with van der Waals surface area (Å²) in [6.45, 7) is 0. The molecule has 0 radical (unpaired) electrons. The average molecular weight is 543 g/mol. The van der Waals surface area contributed by atoms with Gasteiger partial charge in [0.1, 0.15) is 11.3 Å². The molecule has 0 spiro atoms. The second kappa shape index (κ2) is 9.49. The van der Waals surface area contributed by atoms with Gasteiger partial charge in [-0.15, -0.1) is 0 Å². The fraction of sp³-hybridized carbons (Fsp3) is 0. The Labute approximate surface area is 213 Å². The Morgan fingerprint density at radius 3 is 2.11 bits per heavy atom. The van der Waals surface area contributed by atoms with Crippen molar-refractivity contribution in [1.29, 1.82) is 0 Å². The van der Waals surface area contributed by atoms with Gasteiger partial charge in [0.15, 0.2) is 4.90 Å². The van der Waals surface area contributed by atoms with Crippen molar-refractivity contribution in [2.75, 3.05) is 0 Å². The van der Waals surface area contributed by atoms with Crippen molar-refractivity contribution in [1.82, 2.24) is 0 Å². The normalized spacial score (nSPS) is 12.6. The topological polar surface area (TPSA) is 142 Å². The summed E-state index contributed by atoms with van der Waals surface area (Å²) in [6.07, 6.45) is 0. The minimum atomic E-state index is -4.44. The molecule has 0 bridgehead atoms. The molecule has 0 aromatic heterocycles. The number of nitrogens with two attached hydrogens (primary N) is 1. The third-order valence-corrected chi connectivity index (χ3v) is 7.42. The number of benzene rings is 4. The van der Waals surface area contributed by atoms with Gasteiger partial charge in [-0.1, -0.05) is 48.5 Å². The third-order valence-electron chi connectivity index (χ3n) is 5.53. The smallest absolute Gasteiger partial charge is 0.301 e. The van der Waals surface area contributed by atoms with Crippen LogP contribution < -0.4 is 27.9 Å². The molecule has 0 atom stereocenters. The van der Waals surface area contributed by atoms with Crippen LogP contribution in [0, 0.1) is 0 Å². The van der Waals surface area contributed by atoms with Crippen molar-refractivity contribution < 1.29 is 43.2 Å². The average Bonchev–Trinajstić information content (AvgIpc) is 2.81. The number of nitrogens with one attached hydrogen (secondary N) is 1. The van der Waals surface area contributed by atoms with Gasteiger partial charge in [-0.05, 0) is 24.3 Å². The fourth-order valence-electron chi connectivity index (χ4n) is 4.08. The highest BCUT2D eigenvalue weighted by atomic mass is 35.5. The minimum Gasteiger partial charge on any atom is -1.00 e. The molecule has 184 valence electrons. The first kappa shape index (κ1) is 25.5. The summed E-state index contributed by atoms with van der Waals surface area (Å²) in [7, 11) is -8.45.